The van der Waals surface area contributed by atoms with Gasteiger partial charge < -0.3 is 0 Å². The van der Waals surface area contributed by atoms with Gasteiger partial charge in [-0.15, -0.1) is 22.7 Å². The number of allylic oxidation sites excluding steroid dienone is 1. The molecule has 0 saturated heterocycles. The number of nitrogens with zero attached hydrogens (tertiary/aromatic N) is 4. The SMILES string of the molecule is C1=Cc2sc3c(-n4ccnc4-c4nccn4-c4cccc5c4sc4ccccc45)cccc3c2CC1. The molecule has 0 saturated carbocycles. The molecule has 4 aromatic heterocycles. The maximum absolute atomic E-state index is 4.81. The molecule has 0 unspecified atom stereocenters. The van der Waals surface area contributed by atoms with Gasteiger partial charge in [0.05, 0.1) is 20.8 Å². The first-order valence-corrected chi connectivity index (χ1v) is 13.7. The molecule has 0 aliphatic heterocycles. The molecule has 1 aliphatic rings. The number of aromatic nitrogens is 4. The molecule has 6 heteroatoms. The molecule has 4 nitrogen and oxygen atoms in total. The van der Waals surface area contributed by atoms with E-state index in [0.29, 0.717) is 0 Å². The van der Waals surface area contributed by atoms with Gasteiger partial charge in [-0.05, 0) is 48.1 Å². The third-order valence-corrected chi connectivity index (χ3v) is 9.49. The molecule has 0 bridgehead atoms. The van der Waals surface area contributed by atoms with Crippen LogP contribution in [0.3, 0.4) is 0 Å². The highest BCUT2D eigenvalue weighted by molar-refractivity contribution is 7.26. The second kappa shape index (κ2) is 7.75. The van der Waals surface area contributed by atoms with E-state index in [1.807, 2.05) is 41.3 Å². The van der Waals surface area contributed by atoms with Crippen LogP contribution in [0.2, 0.25) is 0 Å². The summed E-state index contributed by atoms with van der Waals surface area (Å²) in [5.41, 5.74) is 3.76. The molecule has 36 heavy (non-hydrogen) atoms. The van der Waals surface area contributed by atoms with Crippen molar-refractivity contribution in [2.75, 3.05) is 0 Å². The van der Waals surface area contributed by atoms with Gasteiger partial charge in [0.2, 0.25) is 0 Å². The number of hydrogen-bond donors (Lipinski definition) is 0. The maximum Gasteiger partial charge on any atom is 0.181 e. The van der Waals surface area contributed by atoms with Gasteiger partial charge in [0, 0.05) is 45.1 Å². The summed E-state index contributed by atoms with van der Waals surface area (Å²) in [6.07, 6.45) is 14.6. The highest BCUT2D eigenvalue weighted by atomic mass is 32.1. The lowest BCUT2D eigenvalue weighted by molar-refractivity contribution is 0.997. The highest BCUT2D eigenvalue weighted by Crippen LogP contribution is 2.41. The lowest BCUT2D eigenvalue weighted by Crippen LogP contribution is -2.03. The van der Waals surface area contributed by atoms with Crippen LogP contribution < -0.4 is 0 Å². The number of imidazole rings is 2. The fraction of sp³-hybridized carbons (Fsp3) is 0.0667. The van der Waals surface area contributed by atoms with Crippen LogP contribution in [0.15, 0.2) is 91.5 Å². The third kappa shape index (κ3) is 2.86. The first-order chi connectivity index (χ1) is 17.9. The van der Waals surface area contributed by atoms with Crippen molar-refractivity contribution in [3.63, 3.8) is 0 Å². The second-order valence-corrected chi connectivity index (χ2v) is 11.1. The van der Waals surface area contributed by atoms with Crippen LogP contribution in [0.5, 0.6) is 0 Å². The van der Waals surface area contributed by atoms with Crippen molar-refractivity contribution in [1.29, 1.82) is 0 Å². The van der Waals surface area contributed by atoms with Gasteiger partial charge in [0.25, 0.3) is 0 Å². The van der Waals surface area contributed by atoms with Crippen molar-refractivity contribution in [3.05, 3.63) is 102 Å². The van der Waals surface area contributed by atoms with Crippen LogP contribution in [-0.2, 0) is 6.42 Å². The van der Waals surface area contributed by atoms with E-state index in [9.17, 15) is 0 Å². The molecule has 0 spiro atoms. The Bertz CT molecular complexity index is 1960. The zero-order chi connectivity index (χ0) is 23.6. The van der Waals surface area contributed by atoms with Gasteiger partial charge in [-0.2, -0.15) is 0 Å². The van der Waals surface area contributed by atoms with Crippen molar-refractivity contribution >= 4 is 59.0 Å². The average Bonchev–Trinajstić information content (AvgIpc) is 3.71. The van der Waals surface area contributed by atoms with Gasteiger partial charge in [-0.1, -0.05) is 48.5 Å². The average molecular weight is 501 g/mol. The molecule has 8 rings (SSSR count). The number of hydrogen-bond acceptors (Lipinski definition) is 4. The van der Waals surface area contributed by atoms with Crippen LogP contribution >= 0.6 is 22.7 Å². The van der Waals surface area contributed by atoms with Crippen molar-refractivity contribution in [3.8, 4) is 23.0 Å². The molecule has 0 fully saturated rings. The van der Waals surface area contributed by atoms with Gasteiger partial charge in [-0.25, -0.2) is 9.97 Å². The minimum absolute atomic E-state index is 0.836. The van der Waals surface area contributed by atoms with E-state index in [2.05, 4.69) is 88.1 Å². The van der Waals surface area contributed by atoms with E-state index in [1.54, 1.807) is 0 Å². The summed E-state index contributed by atoms with van der Waals surface area (Å²) in [5, 5.41) is 3.93. The van der Waals surface area contributed by atoms with Crippen LogP contribution in [-0.4, -0.2) is 19.1 Å². The predicted molar refractivity (Wildman–Crippen MR) is 152 cm³/mol. The Kier molecular flexibility index (Phi) is 4.35. The van der Waals surface area contributed by atoms with E-state index < -0.39 is 0 Å². The summed E-state index contributed by atoms with van der Waals surface area (Å²) in [6.45, 7) is 0. The number of aryl methyl sites for hydroxylation is 1. The van der Waals surface area contributed by atoms with Crippen LogP contribution in [0.25, 0.3) is 59.4 Å². The van der Waals surface area contributed by atoms with Gasteiger partial charge in [0.15, 0.2) is 11.6 Å². The largest absolute Gasteiger partial charge is 0.296 e. The smallest absolute Gasteiger partial charge is 0.181 e. The quantitative estimate of drug-likeness (QED) is 0.245. The summed E-state index contributed by atoms with van der Waals surface area (Å²) in [6, 6.07) is 21.8. The molecule has 0 N–H and O–H groups in total. The number of fused-ring (bicyclic) bond motifs is 6. The molecule has 4 heterocycles. The second-order valence-electron chi connectivity index (χ2n) is 9.03. The highest BCUT2D eigenvalue weighted by Gasteiger charge is 2.20. The Morgan fingerprint density at radius 3 is 2.11 bits per heavy atom. The van der Waals surface area contributed by atoms with E-state index in [4.69, 9.17) is 9.97 Å². The fourth-order valence-electron chi connectivity index (χ4n) is 5.42. The van der Waals surface area contributed by atoms with Gasteiger partial charge in [0.1, 0.15) is 0 Å². The first-order valence-electron chi connectivity index (χ1n) is 12.1. The van der Waals surface area contributed by atoms with Crippen LogP contribution in [0.4, 0.5) is 0 Å². The minimum Gasteiger partial charge on any atom is -0.296 e. The molecule has 3 aromatic carbocycles. The summed E-state index contributed by atoms with van der Waals surface area (Å²) < 4.78 is 8.23. The van der Waals surface area contributed by atoms with Crippen molar-refractivity contribution in [2.45, 2.75) is 12.8 Å². The molecular weight excluding hydrogens is 480 g/mol. The maximum atomic E-state index is 4.81. The Labute approximate surface area is 215 Å². The first kappa shape index (κ1) is 20.2. The Balaban J connectivity index is 1.33. The normalized spacial score (nSPS) is 13.2. The van der Waals surface area contributed by atoms with E-state index >= 15 is 0 Å². The standard InChI is InChI=1S/C30H20N4S2/c1-3-13-25-19(7-1)21-9-5-11-23(27(21)35-25)33-17-15-31-29(33)30-32-16-18-34(30)24-12-6-10-22-20-8-2-4-14-26(20)36-28(22)24/h1,3-7,9-18H,2,8H2. The molecule has 0 amide bonds. The van der Waals surface area contributed by atoms with Crippen LogP contribution in [0, 0.1) is 0 Å². The van der Waals surface area contributed by atoms with E-state index in [1.165, 1.54) is 40.7 Å². The summed E-state index contributed by atoms with van der Waals surface area (Å²) in [5.74, 6) is 1.68. The summed E-state index contributed by atoms with van der Waals surface area (Å²) in [4.78, 5) is 11.0. The Hall–Kier alpha value is -4.00. The molecular formula is C30H20N4S2. The lowest BCUT2D eigenvalue weighted by Gasteiger charge is -2.12. The molecule has 172 valence electrons. The van der Waals surface area contributed by atoms with Gasteiger partial charge in [-0.3, -0.25) is 9.13 Å². The zero-order valence-electron chi connectivity index (χ0n) is 19.3. The van der Waals surface area contributed by atoms with Crippen molar-refractivity contribution < 1.29 is 0 Å². The Morgan fingerprint density at radius 1 is 0.667 bits per heavy atom. The Morgan fingerprint density at radius 2 is 1.33 bits per heavy atom. The van der Waals surface area contributed by atoms with Crippen molar-refractivity contribution in [2.24, 2.45) is 0 Å². The van der Waals surface area contributed by atoms with Gasteiger partial charge >= 0.3 is 0 Å². The minimum atomic E-state index is 0.836. The monoisotopic (exact) mass is 500 g/mol. The summed E-state index contributed by atoms with van der Waals surface area (Å²) >= 11 is 3.70. The molecule has 0 atom stereocenters. The zero-order valence-corrected chi connectivity index (χ0v) is 20.9. The topological polar surface area (TPSA) is 35.6 Å². The van der Waals surface area contributed by atoms with Crippen molar-refractivity contribution in [1.82, 2.24) is 19.1 Å². The number of rotatable bonds is 3. The van der Waals surface area contributed by atoms with E-state index in [-0.39, 0.29) is 0 Å². The third-order valence-electron chi connectivity index (χ3n) is 7.04. The number of thiophene rings is 2. The van der Waals surface area contributed by atoms with Crippen LogP contribution in [0.1, 0.15) is 16.9 Å². The predicted octanol–water partition coefficient (Wildman–Crippen LogP) is 8.27. The molecule has 0 radical (unpaired) electrons. The molecule has 1 aliphatic carbocycles. The molecule has 7 aromatic rings. The van der Waals surface area contributed by atoms with E-state index in [0.717, 1.165) is 35.9 Å². The summed E-state index contributed by atoms with van der Waals surface area (Å²) in [7, 11) is 0. The number of benzene rings is 3. The fourth-order valence-corrected chi connectivity index (χ4v) is 7.93. The lowest BCUT2D eigenvalue weighted by atomic mass is 10.0.